The monoisotopic (exact) mass is 251 g/mol. The molecule has 1 aliphatic rings. The molecule has 0 bridgehead atoms. The Labute approximate surface area is 108 Å². The molecule has 1 saturated carbocycles. The molecule has 1 aromatic heterocycles. The number of halogens is 1. The first-order valence-corrected chi connectivity index (χ1v) is 6.86. The van der Waals surface area contributed by atoms with Gasteiger partial charge in [0, 0.05) is 12.2 Å². The third-order valence-corrected chi connectivity index (χ3v) is 3.87. The van der Waals surface area contributed by atoms with Crippen LogP contribution in [-0.2, 0) is 0 Å². The Morgan fingerprint density at radius 2 is 2.00 bits per heavy atom. The van der Waals surface area contributed by atoms with Crippen molar-refractivity contribution in [1.29, 1.82) is 0 Å². The van der Waals surface area contributed by atoms with E-state index in [1.54, 1.807) is 6.20 Å². The first kappa shape index (κ1) is 13.4. The van der Waals surface area contributed by atoms with Gasteiger partial charge in [-0.2, -0.15) is 0 Å². The summed E-state index contributed by atoms with van der Waals surface area (Å²) in [6.45, 7) is 0. The normalized spacial score (nSPS) is 19.4. The molecule has 3 N–H and O–H groups in total. The lowest BCUT2D eigenvalue weighted by Gasteiger charge is -2.22. The number of rotatable bonds is 4. The fourth-order valence-electron chi connectivity index (χ4n) is 2.85. The standard InChI is InChI=1S/C14H22FN3/c15-13-8-12(9-17-10-13)14(18-16)7-11-5-3-1-2-4-6-11/h8-11,14,18H,1-7,16H2. The zero-order valence-electron chi connectivity index (χ0n) is 10.7. The molecule has 3 nitrogen and oxygen atoms in total. The van der Waals surface area contributed by atoms with Crippen molar-refractivity contribution >= 4 is 0 Å². The molecule has 2 rings (SSSR count). The van der Waals surface area contributed by atoms with E-state index in [1.807, 2.05) is 0 Å². The van der Waals surface area contributed by atoms with Crippen molar-refractivity contribution in [3.63, 3.8) is 0 Å². The highest BCUT2D eigenvalue weighted by Crippen LogP contribution is 2.30. The topological polar surface area (TPSA) is 50.9 Å². The maximum atomic E-state index is 13.2. The van der Waals surface area contributed by atoms with Gasteiger partial charge in [-0.05, 0) is 24.0 Å². The van der Waals surface area contributed by atoms with Gasteiger partial charge in [0.25, 0.3) is 0 Å². The van der Waals surface area contributed by atoms with E-state index < -0.39 is 0 Å². The van der Waals surface area contributed by atoms with Crippen LogP contribution >= 0.6 is 0 Å². The molecule has 1 aliphatic carbocycles. The Hall–Kier alpha value is -1.00. The van der Waals surface area contributed by atoms with E-state index in [0.717, 1.165) is 12.0 Å². The number of aromatic nitrogens is 1. The predicted octanol–water partition coefficient (Wildman–Crippen LogP) is 3.09. The molecule has 0 aromatic carbocycles. The predicted molar refractivity (Wildman–Crippen MR) is 70.1 cm³/mol. The molecule has 1 fully saturated rings. The number of hydrogen-bond acceptors (Lipinski definition) is 3. The van der Waals surface area contributed by atoms with Gasteiger partial charge in [0.1, 0.15) is 5.82 Å². The van der Waals surface area contributed by atoms with E-state index in [-0.39, 0.29) is 11.9 Å². The first-order valence-electron chi connectivity index (χ1n) is 6.86. The zero-order chi connectivity index (χ0) is 12.8. The van der Waals surface area contributed by atoms with Gasteiger partial charge in [-0.1, -0.05) is 38.5 Å². The Bertz CT molecular complexity index is 362. The summed E-state index contributed by atoms with van der Waals surface area (Å²) in [5, 5.41) is 0. The van der Waals surface area contributed by atoms with Gasteiger partial charge in [-0.15, -0.1) is 0 Å². The van der Waals surface area contributed by atoms with Crippen molar-refractivity contribution < 1.29 is 4.39 Å². The number of hydrazine groups is 1. The average Bonchev–Trinajstić information content (AvgIpc) is 2.64. The second-order valence-corrected chi connectivity index (χ2v) is 5.25. The van der Waals surface area contributed by atoms with Crippen LogP contribution in [0.5, 0.6) is 0 Å². The van der Waals surface area contributed by atoms with Crippen molar-refractivity contribution in [2.45, 2.75) is 51.0 Å². The Balaban J connectivity index is 1.99. The molecular formula is C14H22FN3. The van der Waals surface area contributed by atoms with Gasteiger partial charge in [0.2, 0.25) is 0 Å². The smallest absolute Gasteiger partial charge is 0.141 e. The van der Waals surface area contributed by atoms with E-state index in [9.17, 15) is 4.39 Å². The van der Waals surface area contributed by atoms with Crippen molar-refractivity contribution in [1.82, 2.24) is 10.4 Å². The van der Waals surface area contributed by atoms with E-state index in [2.05, 4.69) is 10.4 Å². The molecule has 1 heterocycles. The minimum atomic E-state index is -0.298. The SMILES string of the molecule is NNC(CC1CCCCCC1)c1cncc(F)c1. The van der Waals surface area contributed by atoms with Crippen molar-refractivity contribution in [2.75, 3.05) is 0 Å². The summed E-state index contributed by atoms with van der Waals surface area (Å²) < 4.78 is 13.2. The molecule has 0 spiro atoms. The fourth-order valence-corrected chi connectivity index (χ4v) is 2.85. The molecule has 0 radical (unpaired) electrons. The van der Waals surface area contributed by atoms with E-state index >= 15 is 0 Å². The van der Waals surface area contributed by atoms with Gasteiger partial charge in [0.15, 0.2) is 0 Å². The van der Waals surface area contributed by atoms with Gasteiger partial charge in [-0.3, -0.25) is 16.3 Å². The molecule has 1 aromatic rings. The largest absolute Gasteiger partial charge is 0.271 e. The maximum absolute atomic E-state index is 13.2. The highest BCUT2D eigenvalue weighted by atomic mass is 19.1. The number of nitrogens with zero attached hydrogens (tertiary/aromatic N) is 1. The van der Waals surface area contributed by atoms with E-state index in [4.69, 9.17) is 5.84 Å². The van der Waals surface area contributed by atoms with Crippen LogP contribution in [0, 0.1) is 11.7 Å². The number of nitrogens with one attached hydrogen (secondary N) is 1. The van der Waals surface area contributed by atoms with Gasteiger partial charge in [0.05, 0.1) is 6.20 Å². The van der Waals surface area contributed by atoms with Crippen molar-refractivity contribution in [3.05, 3.63) is 29.8 Å². The Morgan fingerprint density at radius 1 is 1.28 bits per heavy atom. The zero-order valence-corrected chi connectivity index (χ0v) is 10.7. The average molecular weight is 251 g/mol. The summed E-state index contributed by atoms with van der Waals surface area (Å²) in [5.41, 5.74) is 3.66. The Kier molecular flexibility index (Phi) is 5.08. The van der Waals surface area contributed by atoms with Crippen LogP contribution in [0.1, 0.15) is 56.6 Å². The van der Waals surface area contributed by atoms with Crippen LogP contribution in [0.4, 0.5) is 4.39 Å². The van der Waals surface area contributed by atoms with E-state index in [0.29, 0.717) is 5.92 Å². The number of pyridine rings is 1. The third kappa shape index (κ3) is 3.75. The fraction of sp³-hybridized carbons (Fsp3) is 0.643. The summed E-state index contributed by atoms with van der Waals surface area (Å²) in [6.07, 6.45) is 11.7. The lowest BCUT2D eigenvalue weighted by molar-refractivity contribution is 0.358. The Morgan fingerprint density at radius 3 is 2.61 bits per heavy atom. The summed E-state index contributed by atoms with van der Waals surface area (Å²) in [4.78, 5) is 3.89. The van der Waals surface area contributed by atoms with Crippen molar-refractivity contribution in [2.24, 2.45) is 11.8 Å². The van der Waals surface area contributed by atoms with Crippen LogP contribution in [0.25, 0.3) is 0 Å². The van der Waals surface area contributed by atoms with Crippen LogP contribution in [-0.4, -0.2) is 4.98 Å². The summed E-state index contributed by atoms with van der Waals surface area (Å²) in [7, 11) is 0. The summed E-state index contributed by atoms with van der Waals surface area (Å²) in [6, 6.07) is 1.53. The number of hydrogen-bond donors (Lipinski definition) is 2. The third-order valence-electron chi connectivity index (χ3n) is 3.87. The van der Waals surface area contributed by atoms with Gasteiger partial charge < -0.3 is 0 Å². The molecule has 18 heavy (non-hydrogen) atoms. The minimum absolute atomic E-state index is 0.0105. The summed E-state index contributed by atoms with van der Waals surface area (Å²) >= 11 is 0. The van der Waals surface area contributed by atoms with Crippen LogP contribution in [0.3, 0.4) is 0 Å². The van der Waals surface area contributed by atoms with Crippen molar-refractivity contribution in [3.8, 4) is 0 Å². The molecule has 0 saturated heterocycles. The van der Waals surface area contributed by atoms with Crippen LogP contribution < -0.4 is 11.3 Å². The highest BCUT2D eigenvalue weighted by molar-refractivity contribution is 5.15. The first-order chi connectivity index (χ1) is 8.79. The maximum Gasteiger partial charge on any atom is 0.141 e. The number of nitrogens with two attached hydrogens (primary N) is 1. The lowest BCUT2D eigenvalue weighted by Crippen LogP contribution is -2.30. The molecule has 4 heteroatoms. The molecule has 1 unspecified atom stereocenters. The lowest BCUT2D eigenvalue weighted by atomic mass is 9.90. The second-order valence-electron chi connectivity index (χ2n) is 5.25. The van der Waals surface area contributed by atoms with E-state index in [1.165, 1.54) is 50.8 Å². The minimum Gasteiger partial charge on any atom is -0.271 e. The molecule has 0 aliphatic heterocycles. The molecule has 1 atom stereocenters. The molecule has 100 valence electrons. The highest BCUT2D eigenvalue weighted by Gasteiger charge is 2.19. The molecular weight excluding hydrogens is 229 g/mol. The second kappa shape index (κ2) is 6.81. The quantitative estimate of drug-likeness (QED) is 0.491. The van der Waals surface area contributed by atoms with Crippen LogP contribution in [0.2, 0.25) is 0 Å². The van der Waals surface area contributed by atoms with Crippen LogP contribution in [0.15, 0.2) is 18.5 Å². The van der Waals surface area contributed by atoms with Gasteiger partial charge >= 0.3 is 0 Å². The van der Waals surface area contributed by atoms with Gasteiger partial charge in [-0.25, -0.2) is 4.39 Å². The molecule has 0 amide bonds. The summed E-state index contributed by atoms with van der Waals surface area (Å²) in [5.74, 6) is 6.00.